The smallest absolute Gasteiger partial charge is 0.251 e. The quantitative estimate of drug-likeness (QED) is 0.742. The van der Waals surface area contributed by atoms with Crippen molar-refractivity contribution in [3.05, 3.63) is 59.2 Å². The lowest BCUT2D eigenvalue weighted by Gasteiger charge is -2.26. The topological polar surface area (TPSA) is 69.7 Å². The third-order valence-electron chi connectivity index (χ3n) is 6.24. The lowest BCUT2D eigenvalue weighted by molar-refractivity contribution is 0.0950. The first-order valence-electron chi connectivity index (χ1n) is 11.2. The van der Waals surface area contributed by atoms with Crippen LogP contribution in [0.3, 0.4) is 0 Å². The maximum Gasteiger partial charge on any atom is 0.251 e. The number of rotatable bonds is 6. The molecule has 6 nitrogen and oxygen atoms in total. The second-order valence-corrected chi connectivity index (χ2v) is 10.4. The van der Waals surface area contributed by atoms with E-state index >= 15 is 0 Å². The highest BCUT2D eigenvalue weighted by molar-refractivity contribution is 7.89. The molecule has 0 bridgehead atoms. The molecular formula is C24H31N3O3S. The minimum absolute atomic E-state index is 0.233. The zero-order chi connectivity index (χ0) is 21.8. The van der Waals surface area contributed by atoms with Gasteiger partial charge >= 0.3 is 0 Å². The van der Waals surface area contributed by atoms with Crippen LogP contribution in [0.25, 0.3) is 0 Å². The van der Waals surface area contributed by atoms with Gasteiger partial charge in [0.25, 0.3) is 5.91 Å². The molecule has 2 aromatic rings. The molecule has 2 aromatic carbocycles. The molecule has 7 heteroatoms. The van der Waals surface area contributed by atoms with Crippen LogP contribution in [-0.2, 0) is 16.6 Å². The Morgan fingerprint density at radius 3 is 2.23 bits per heavy atom. The molecule has 166 valence electrons. The van der Waals surface area contributed by atoms with Crippen molar-refractivity contribution in [2.45, 2.75) is 50.5 Å². The number of piperidine rings is 1. The Hall–Kier alpha value is -2.38. The minimum Gasteiger partial charge on any atom is -0.372 e. The molecule has 2 heterocycles. The van der Waals surface area contributed by atoms with Gasteiger partial charge in [-0.1, -0.05) is 24.6 Å². The number of nitrogens with zero attached hydrogens (tertiary/aromatic N) is 2. The van der Waals surface area contributed by atoms with Crippen molar-refractivity contribution < 1.29 is 13.2 Å². The average molecular weight is 442 g/mol. The van der Waals surface area contributed by atoms with Gasteiger partial charge in [-0.3, -0.25) is 4.79 Å². The van der Waals surface area contributed by atoms with Crippen LogP contribution in [0.2, 0.25) is 0 Å². The summed E-state index contributed by atoms with van der Waals surface area (Å²) >= 11 is 0. The second-order valence-electron chi connectivity index (χ2n) is 8.49. The van der Waals surface area contributed by atoms with Crippen molar-refractivity contribution in [3.8, 4) is 0 Å². The third kappa shape index (κ3) is 4.93. The molecule has 4 rings (SSSR count). The van der Waals surface area contributed by atoms with Crippen molar-refractivity contribution in [1.29, 1.82) is 0 Å². The largest absolute Gasteiger partial charge is 0.372 e. The van der Waals surface area contributed by atoms with Crippen molar-refractivity contribution in [2.24, 2.45) is 0 Å². The van der Waals surface area contributed by atoms with Crippen molar-refractivity contribution >= 4 is 21.6 Å². The molecule has 2 saturated heterocycles. The molecule has 2 fully saturated rings. The Balaban J connectivity index is 1.43. The van der Waals surface area contributed by atoms with Gasteiger partial charge in [0.05, 0.1) is 4.90 Å². The summed E-state index contributed by atoms with van der Waals surface area (Å²) in [5.41, 5.74) is 3.28. The first kappa shape index (κ1) is 21.8. The molecule has 0 unspecified atom stereocenters. The number of carbonyl (C=O) groups is 1. The van der Waals surface area contributed by atoms with E-state index in [9.17, 15) is 13.2 Å². The van der Waals surface area contributed by atoms with Crippen LogP contribution in [-0.4, -0.2) is 44.8 Å². The van der Waals surface area contributed by atoms with Gasteiger partial charge in [0, 0.05) is 44.0 Å². The number of benzene rings is 2. The number of nitrogens with one attached hydrogen (secondary N) is 1. The van der Waals surface area contributed by atoms with Crippen molar-refractivity contribution in [1.82, 2.24) is 9.62 Å². The maximum atomic E-state index is 13.1. The Kier molecular flexibility index (Phi) is 6.62. The summed E-state index contributed by atoms with van der Waals surface area (Å²) in [4.78, 5) is 15.3. The first-order chi connectivity index (χ1) is 14.9. The van der Waals surface area contributed by atoms with Crippen molar-refractivity contribution in [2.75, 3.05) is 31.1 Å². The van der Waals surface area contributed by atoms with Gasteiger partial charge in [-0.05, 0) is 68.0 Å². The fraction of sp³-hybridized carbons (Fsp3) is 0.458. The molecule has 0 radical (unpaired) electrons. The standard InChI is InChI=1S/C24H31N3O3S/c1-19-7-10-21(17-23(19)31(29,30)27-15-3-2-4-16-27)24(28)25-18-20-8-11-22(12-9-20)26-13-5-6-14-26/h7-12,17H,2-6,13-16,18H2,1H3,(H,25,28). The van der Waals surface area contributed by atoms with Gasteiger partial charge in [0.15, 0.2) is 0 Å². The van der Waals surface area contributed by atoms with Crippen LogP contribution in [0, 0.1) is 6.92 Å². The van der Waals surface area contributed by atoms with E-state index in [1.807, 2.05) is 12.1 Å². The Labute approximate surface area is 185 Å². The van der Waals surface area contributed by atoms with Crippen LogP contribution in [0.1, 0.15) is 53.6 Å². The number of carbonyl (C=O) groups excluding carboxylic acids is 1. The van der Waals surface area contributed by atoms with E-state index in [-0.39, 0.29) is 10.8 Å². The van der Waals surface area contributed by atoms with Gasteiger partial charge in [0.2, 0.25) is 10.0 Å². The summed E-state index contributed by atoms with van der Waals surface area (Å²) in [6.07, 6.45) is 5.31. The Morgan fingerprint density at radius 2 is 1.55 bits per heavy atom. The van der Waals surface area contributed by atoms with Crippen LogP contribution in [0.5, 0.6) is 0 Å². The van der Waals surface area contributed by atoms with Gasteiger partial charge in [-0.2, -0.15) is 4.31 Å². The first-order valence-corrected chi connectivity index (χ1v) is 12.6. The van der Waals surface area contributed by atoms with Crippen LogP contribution >= 0.6 is 0 Å². The number of hydrogen-bond donors (Lipinski definition) is 1. The number of aryl methyl sites for hydroxylation is 1. The van der Waals surface area contributed by atoms with E-state index in [1.165, 1.54) is 24.6 Å². The van der Waals surface area contributed by atoms with E-state index < -0.39 is 10.0 Å². The molecule has 0 atom stereocenters. The second kappa shape index (κ2) is 9.40. The maximum absolute atomic E-state index is 13.1. The van der Waals surface area contributed by atoms with Gasteiger partial charge in [0.1, 0.15) is 0 Å². The molecule has 2 aliphatic rings. The minimum atomic E-state index is -3.58. The van der Waals surface area contributed by atoms with E-state index in [0.29, 0.717) is 30.8 Å². The molecule has 0 aliphatic carbocycles. The highest BCUT2D eigenvalue weighted by Crippen LogP contribution is 2.25. The van der Waals surface area contributed by atoms with Crippen LogP contribution < -0.4 is 10.2 Å². The average Bonchev–Trinajstić information content (AvgIpc) is 3.33. The van der Waals surface area contributed by atoms with Gasteiger partial charge in [-0.25, -0.2) is 8.42 Å². The van der Waals surface area contributed by atoms with E-state index in [2.05, 4.69) is 22.3 Å². The normalized spacial score (nSPS) is 17.6. The zero-order valence-corrected chi connectivity index (χ0v) is 19.0. The third-order valence-corrected chi connectivity index (χ3v) is 8.28. The monoisotopic (exact) mass is 441 g/mol. The molecule has 0 spiro atoms. The summed E-state index contributed by atoms with van der Waals surface area (Å²) in [5.74, 6) is -0.265. The fourth-order valence-corrected chi connectivity index (χ4v) is 6.12. The molecule has 1 N–H and O–H groups in total. The molecular weight excluding hydrogens is 410 g/mol. The summed E-state index contributed by atoms with van der Waals surface area (Å²) in [6.45, 7) is 5.48. The van der Waals surface area contributed by atoms with Gasteiger partial charge in [-0.15, -0.1) is 0 Å². The number of hydrogen-bond acceptors (Lipinski definition) is 4. The highest BCUT2D eigenvalue weighted by Gasteiger charge is 2.28. The van der Waals surface area contributed by atoms with E-state index in [1.54, 1.807) is 23.4 Å². The number of sulfonamides is 1. The SMILES string of the molecule is Cc1ccc(C(=O)NCc2ccc(N3CCCC3)cc2)cc1S(=O)(=O)N1CCCCC1. The lowest BCUT2D eigenvalue weighted by Crippen LogP contribution is -2.36. The van der Waals surface area contributed by atoms with Crippen LogP contribution in [0.15, 0.2) is 47.4 Å². The summed E-state index contributed by atoms with van der Waals surface area (Å²) in [6, 6.07) is 13.2. The summed E-state index contributed by atoms with van der Waals surface area (Å²) in [7, 11) is -3.58. The van der Waals surface area contributed by atoms with E-state index in [0.717, 1.165) is 37.9 Å². The molecule has 1 amide bonds. The highest BCUT2D eigenvalue weighted by atomic mass is 32.2. The molecule has 0 aromatic heterocycles. The van der Waals surface area contributed by atoms with Gasteiger partial charge < -0.3 is 10.2 Å². The lowest BCUT2D eigenvalue weighted by atomic mass is 10.1. The summed E-state index contributed by atoms with van der Waals surface area (Å²) < 4.78 is 27.7. The van der Waals surface area contributed by atoms with E-state index in [4.69, 9.17) is 0 Å². The molecule has 2 aliphatic heterocycles. The zero-order valence-electron chi connectivity index (χ0n) is 18.1. The Bertz CT molecular complexity index is 1020. The number of anilines is 1. The predicted molar refractivity (Wildman–Crippen MR) is 123 cm³/mol. The predicted octanol–water partition coefficient (Wildman–Crippen LogP) is 3.70. The van der Waals surface area contributed by atoms with Crippen molar-refractivity contribution in [3.63, 3.8) is 0 Å². The Morgan fingerprint density at radius 1 is 0.903 bits per heavy atom. The van der Waals surface area contributed by atoms with Crippen LogP contribution in [0.4, 0.5) is 5.69 Å². The fourth-order valence-electron chi connectivity index (χ4n) is 4.35. The summed E-state index contributed by atoms with van der Waals surface area (Å²) in [5, 5.41) is 2.92. The number of amides is 1. The molecule has 0 saturated carbocycles. The molecule has 31 heavy (non-hydrogen) atoms.